The van der Waals surface area contributed by atoms with E-state index in [9.17, 15) is 4.79 Å². The van der Waals surface area contributed by atoms with Gasteiger partial charge in [0.1, 0.15) is 0 Å². The lowest BCUT2D eigenvalue weighted by Gasteiger charge is -2.06. The molecule has 2 amide bonds. The van der Waals surface area contributed by atoms with E-state index in [4.69, 9.17) is 16.7 Å². The van der Waals surface area contributed by atoms with Crippen molar-refractivity contribution >= 4 is 23.4 Å². The van der Waals surface area contributed by atoms with E-state index in [2.05, 4.69) is 15.7 Å². The van der Waals surface area contributed by atoms with Crippen LogP contribution in [-0.4, -0.2) is 34.1 Å². The maximum atomic E-state index is 11.5. The van der Waals surface area contributed by atoms with Gasteiger partial charge in [0, 0.05) is 18.3 Å². The van der Waals surface area contributed by atoms with Crippen molar-refractivity contribution in [3.05, 3.63) is 41.0 Å². The number of benzene rings is 1. The molecule has 1 heterocycles. The molecule has 0 aliphatic carbocycles. The minimum absolute atomic E-state index is 0.111. The van der Waals surface area contributed by atoms with Crippen LogP contribution in [0, 0.1) is 6.92 Å². The van der Waals surface area contributed by atoms with Gasteiger partial charge in [-0.3, -0.25) is 5.32 Å². The molecule has 1 aromatic heterocycles. The Morgan fingerprint density at radius 1 is 1.45 bits per heavy atom. The molecule has 2 rings (SSSR count). The molecule has 6 nitrogen and oxygen atoms in total. The van der Waals surface area contributed by atoms with E-state index in [0.29, 0.717) is 10.8 Å². The van der Waals surface area contributed by atoms with Gasteiger partial charge < -0.3 is 10.4 Å². The largest absolute Gasteiger partial charge is 0.395 e. The molecule has 7 heteroatoms. The van der Waals surface area contributed by atoms with Gasteiger partial charge in [-0.1, -0.05) is 23.7 Å². The van der Waals surface area contributed by atoms with E-state index in [0.717, 1.165) is 11.4 Å². The second-order valence-electron chi connectivity index (χ2n) is 4.14. The first kappa shape index (κ1) is 14.4. The Labute approximate surface area is 121 Å². The molecule has 106 valence electrons. The number of aromatic nitrogens is 2. The molecular weight excluding hydrogens is 280 g/mol. The second kappa shape index (κ2) is 6.40. The van der Waals surface area contributed by atoms with Crippen LogP contribution in [-0.2, 0) is 0 Å². The van der Waals surface area contributed by atoms with Crippen molar-refractivity contribution in [2.24, 2.45) is 0 Å². The van der Waals surface area contributed by atoms with Crippen LogP contribution in [0.25, 0.3) is 5.69 Å². The predicted octanol–water partition coefficient (Wildman–Crippen LogP) is 1.95. The molecular formula is C13H15ClN4O2. The molecule has 1 aromatic carbocycles. The highest BCUT2D eigenvalue weighted by atomic mass is 35.5. The summed E-state index contributed by atoms with van der Waals surface area (Å²) >= 11 is 6.13. The van der Waals surface area contributed by atoms with Gasteiger partial charge in [-0.2, -0.15) is 0 Å². The summed E-state index contributed by atoms with van der Waals surface area (Å²) in [5.74, 6) is 0.415. The summed E-state index contributed by atoms with van der Waals surface area (Å²) in [5, 5.41) is 18.6. The summed E-state index contributed by atoms with van der Waals surface area (Å²) < 4.78 is 1.66. The van der Waals surface area contributed by atoms with Crippen molar-refractivity contribution in [2.45, 2.75) is 6.92 Å². The Kier molecular flexibility index (Phi) is 4.60. The zero-order valence-corrected chi connectivity index (χ0v) is 11.7. The maximum absolute atomic E-state index is 11.5. The van der Waals surface area contributed by atoms with Gasteiger partial charge in [0.15, 0.2) is 5.82 Å². The first-order chi connectivity index (χ1) is 9.61. The van der Waals surface area contributed by atoms with Crippen LogP contribution in [0.1, 0.15) is 5.69 Å². The average molecular weight is 295 g/mol. The van der Waals surface area contributed by atoms with Crippen LogP contribution in [0.5, 0.6) is 0 Å². The molecule has 0 unspecified atom stereocenters. The van der Waals surface area contributed by atoms with Crippen LogP contribution < -0.4 is 10.6 Å². The first-order valence-corrected chi connectivity index (χ1v) is 6.47. The highest BCUT2D eigenvalue weighted by Crippen LogP contribution is 2.22. The maximum Gasteiger partial charge on any atom is 0.320 e. The van der Waals surface area contributed by atoms with E-state index in [-0.39, 0.29) is 13.2 Å². The van der Waals surface area contributed by atoms with E-state index < -0.39 is 6.03 Å². The molecule has 0 fully saturated rings. The molecule has 20 heavy (non-hydrogen) atoms. The number of urea groups is 1. The number of carbonyl (C=O) groups is 1. The van der Waals surface area contributed by atoms with Crippen molar-refractivity contribution in [3.63, 3.8) is 0 Å². The summed E-state index contributed by atoms with van der Waals surface area (Å²) in [6.45, 7) is 1.95. The molecule has 0 saturated heterocycles. The van der Waals surface area contributed by atoms with Crippen molar-refractivity contribution < 1.29 is 9.90 Å². The molecule has 2 aromatic rings. The predicted molar refractivity (Wildman–Crippen MR) is 77.4 cm³/mol. The van der Waals surface area contributed by atoms with Crippen LogP contribution in [0.2, 0.25) is 5.02 Å². The zero-order valence-electron chi connectivity index (χ0n) is 10.9. The van der Waals surface area contributed by atoms with E-state index >= 15 is 0 Å². The number of halogens is 1. The number of nitrogens with one attached hydrogen (secondary N) is 2. The van der Waals surface area contributed by atoms with E-state index in [1.807, 2.05) is 25.1 Å². The van der Waals surface area contributed by atoms with Crippen LogP contribution in [0.3, 0.4) is 0 Å². The van der Waals surface area contributed by atoms with E-state index in [1.165, 1.54) is 0 Å². The molecule has 0 spiro atoms. The Bertz CT molecular complexity index is 612. The minimum Gasteiger partial charge on any atom is -0.395 e. The smallest absolute Gasteiger partial charge is 0.320 e. The third kappa shape index (κ3) is 3.28. The molecule has 3 N–H and O–H groups in total. The summed E-state index contributed by atoms with van der Waals surface area (Å²) in [7, 11) is 0. The number of rotatable bonds is 4. The fraction of sp³-hybridized carbons (Fsp3) is 0.231. The fourth-order valence-electron chi connectivity index (χ4n) is 1.73. The lowest BCUT2D eigenvalue weighted by Crippen LogP contribution is -2.31. The standard InChI is InChI=1S/C13H15ClN4O2/c1-9-8-12(16-13(20)15-6-7-19)17-18(9)11-5-3-2-4-10(11)14/h2-5,8,19H,6-7H2,1H3,(H2,15,16,17,20). The second-order valence-corrected chi connectivity index (χ2v) is 4.55. The number of aliphatic hydroxyl groups is 1. The first-order valence-electron chi connectivity index (χ1n) is 6.09. The Morgan fingerprint density at radius 2 is 2.20 bits per heavy atom. The van der Waals surface area contributed by atoms with Crippen LogP contribution >= 0.6 is 11.6 Å². The summed E-state index contributed by atoms with van der Waals surface area (Å²) in [5.41, 5.74) is 1.59. The Balaban J connectivity index is 2.18. The third-order valence-electron chi connectivity index (χ3n) is 2.61. The lowest BCUT2D eigenvalue weighted by molar-refractivity contribution is 0.244. The molecule has 0 bridgehead atoms. The lowest BCUT2D eigenvalue weighted by atomic mass is 10.3. The van der Waals surface area contributed by atoms with Gasteiger partial charge >= 0.3 is 6.03 Å². The van der Waals surface area contributed by atoms with E-state index in [1.54, 1.807) is 16.8 Å². The van der Waals surface area contributed by atoms with Gasteiger partial charge in [-0.05, 0) is 19.1 Å². The fourth-order valence-corrected chi connectivity index (χ4v) is 1.95. The molecule has 0 aliphatic rings. The normalized spacial score (nSPS) is 10.3. The minimum atomic E-state index is -0.414. The third-order valence-corrected chi connectivity index (χ3v) is 2.93. The number of anilines is 1. The monoisotopic (exact) mass is 294 g/mol. The quantitative estimate of drug-likeness (QED) is 0.806. The number of hydrogen-bond donors (Lipinski definition) is 3. The van der Waals surface area contributed by atoms with Gasteiger partial charge in [-0.25, -0.2) is 9.48 Å². The highest BCUT2D eigenvalue weighted by Gasteiger charge is 2.10. The Hall–Kier alpha value is -2.05. The summed E-state index contributed by atoms with van der Waals surface area (Å²) in [6, 6.07) is 8.65. The molecule has 0 atom stereocenters. The van der Waals surface area contributed by atoms with Gasteiger partial charge in [0.25, 0.3) is 0 Å². The average Bonchev–Trinajstić information content (AvgIpc) is 2.77. The Morgan fingerprint density at radius 3 is 2.90 bits per heavy atom. The topological polar surface area (TPSA) is 79.2 Å². The van der Waals surface area contributed by atoms with Crippen LogP contribution in [0.4, 0.5) is 10.6 Å². The van der Waals surface area contributed by atoms with Crippen molar-refractivity contribution in [2.75, 3.05) is 18.5 Å². The highest BCUT2D eigenvalue weighted by molar-refractivity contribution is 6.32. The number of para-hydroxylation sites is 1. The van der Waals surface area contributed by atoms with Crippen molar-refractivity contribution in [1.29, 1.82) is 0 Å². The number of hydrogen-bond acceptors (Lipinski definition) is 3. The zero-order chi connectivity index (χ0) is 14.5. The van der Waals surface area contributed by atoms with Gasteiger partial charge in [0.2, 0.25) is 0 Å². The number of aryl methyl sites for hydroxylation is 1. The summed E-state index contributed by atoms with van der Waals surface area (Å²) in [6.07, 6.45) is 0. The number of carbonyl (C=O) groups excluding carboxylic acids is 1. The van der Waals surface area contributed by atoms with Crippen molar-refractivity contribution in [3.8, 4) is 5.69 Å². The number of amides is 2. The molecule has 0 aliphatic heterocycles. The van der Waals surface area contributed by atoms with Crippen LogP contribution in [0.15, 0.2) is 30.3 Å². The SMILES string of the molecule is Cc1cc(NC(=O)NCCO)nn1-c1ccccc1Cl. The molecule has 0 radical (unpaired) electrons. The van der Waals surface area contributed by atoms with Gasteiger partial charge in [0.05, 0.1) is 17.3 Å². The summed E-state index contributed by atoms with van der Waals surface area (Å²) in [4.78, 5) is 11.5. The number of aliphatic hydroxyl groups excluding tert-OH is 1. The molecule has 0 saturated carbocycles. The number of nitrogens with zero attached hydrogens (tertiary/aromatic N) is 2. The van der Waals surface area contributed by atoms with Gasteiger partial charge in [-0.15, -0.1) is 5.10 Å². The van der Waals surface area contributed by atoms with Crippen molar-refractivity contribution in [1.82, 2.24) is 15.1 Å².